The molecule has 1 N–H and O–H groups in total. The molecule has 0 aromatic heterocycles. The Hall–Kier alpha value is -2.93. The van der Waals surface area contributed by atoms with Crippen LogP contribution in [-0.4, -0.2) is 51.6 Å². The second-order valence-corrected chi connectivity index (χ2v) is 7.28. The van der Waals surface area contributed by atoms with Gasteiger partial charge in [0.25, 0.3) is 0 Å². The molecule has 7 heteroatoms. The lowest BCUT2D eigenvalue weighted by Gasteiger charge is -2.22. The average molecular weight is 408 g/mol. The molecule has 1 atom stereocenters. The summed E-state index contributed by atoms with van der Waals surface area (Å²) >= 11 is 0. The summed E-state index contributed by atoms with van der Waals surface area (Å²) < 4.78 is 16.3. The molecule has 0 saturated carbocycles. The van der Waals surface area contributed by atoms with E-state index in [9.17, 15) is 4.79 Å². The van der Waals surface area contributed by atoms with Crippen molar-refractivity contribution in [3.8, 4) is 17.2 Å². The smallest absolute Gasteiger partial charge is 0.330 e. The van der Waals surface area contributed by atoms with E-state index in [0.29, 0.717) is 24.1 Å². The van der Waals surface area contributed by atoms with Crippen LogP contribution >= 0.6 is 0 Å². The Morgan fingerprint density at radius 3 is 2.67 bits per heavy atom. The summed E-state index contributed by atoms with van der Waals surface area (Å²) in [4.78, 5) is 14.0. The van der Waals surface area contributed by atoms with Crippen molar-refractivity contribution in [1.29, 1.82) is 0 Å². The van der Waals surface area contributed by atoms with Crippen LogP contribution in [0.4, 0.5) is 5.69 Å². The highest BCUT2D eigenvalue weighted by molar-refractivity contribution is 6.04. The molecule has 0 aliphatic carbocycles. The van der Waals surface area contributed by atoms with E-state index in [1.165, 1.54) is 18.9 Å². The second-order valence-electron chi connectivity index (χ2n) is 7.28. The number of carbonyl (C=O) groups is 1. The third-order valence-corrected chi connectivity index (χ3v) is 5.19. The van der Waals surface area contributed by atoms with Gasteiger partial charge in [-0.05, 0) is 74.3 Å². The highest BCUT2D eigenvalue weighted by Gasteiger charge is 2.20. The van der Waals surface area contributed by atoms with Crippen LogP contribution in [-0.2, 0) is 9.53 Å². The van der Waals surface area contributed by atoms with Crippen molar-refractivity contribution in [2.24, 2.45) is 0 Å². The topological polar surface area (TPSA) is 60.0 Å². The van der Waals surface area contributed by atoms with E-state index in [1.54, 1.807) is 20.1 Å². The minimum atomic E-state index is -0.360. The summed E-state index contributed by atoms with van der Waals surface area (Å²) in [7, 11) is 3.80. The van der Waals surface area contributed by atoms with E-state index in [4.69, 9.17) is 14.2 Å². The number of anilines is 1. The van der Waals surface area contributed by atoms with Crippen LogP contribution in [0.5, 0.6) is 17.2 Å². The maximum absolute atomic E-state index is 11.6. The van der Waals surface area contributed by atoms with Gasteiger partial charge in [-0.2, -0.15) is 0 Å². The quantitative estimate of drug-likeness (QED) is 0.390. The first-order valence-corrected chi connectivity index (χ1v) is 10.3. The van der Waals surface area contributed by atoms with E-state index >= 15 is 0 Å². The molecular formula is C23H29BN2O4. The first-order chi connectivity index (χ1) is 14.6. The summed E-state index contributed by atoms with van der Waals surface area (Å²) in [5.41, 5.74) is 1.77. The molecule has 0 amide bonds. The van der Waals surface area contributed by atoms with Crippen molar-refractivity contribution in [3.63, 3.8) is 0 Å². The van der Waals surface area contributed by atoms with Gasteiger partial charge in [0.05, 0.1) is 19.4 Å². The SMILES string of the molecule is BN1CCC[C@H]1CNc1ccc(/C=C/C(=O)OCC)cc1Oc1ccc(OC)cc1. The van der Waals surface area contributed by atoms with Crippen molar-refractivity contribution >= 4 is 25.7 Å². The fraction of sp³-hybridized carbons (Fsp3) is 0.348. The first-order valence-electron chi connectivity index (χ1n) is 10.3. The summed E-state index contributed by atoms with van der Waals surface area (Å²) in [5, 5.41) is 3.53. The molecule has 1 aliphatic rings. The van der Waals surface area contributed by atoms with Gasteiger partial charge in [0, 0.05) is 18.7 Å². The molecule has 3 rings (SSSR count). The summed E-state index contributed by atoms with van der Waals surface area (Å²) in [6.07, 6.45) is 5.58. The molecular weight excluding hydrogens is 379 g/mol. The Morgan fingerprint density at radius 2 is 2.00 bits per heavy atom. The van der Waals surface area contributed by atoms with Crippen molar-refractivity contribution in [1.82, 2.24) is 4.81 Å². The Bertz CT molecular complexity index is 870. The molecule has 2 aromatic rings. The lowest BCUT2D eigenvalue weighted by molar-refractivity contribution is -0.137. The van der Waals surface area contributed by atoms with E-state index in [2.05, 4.69) is 18.1 Å². The zero-order valence-electron chi connectivity index (χ0n) is 17.9. The molecule has 0 bridgehead atoms. The van der Waals surface area contributed by atoms with E-state index < -0.39 is 0 Å². The van der Waals surface area contributed by atoms with E-state index in [0.717, 1.165) is 30.1 Å². The molecule has 1 heterocycles. The van der Waals surface area contributed by atoms with E-state index in [-0.39, 0.29) is 5.97 Å². The van der Waals surface area contributed by atoms with Gasteiger partial charge in [0.1, 0.15) is 11.5 Å². The molecule has 1 aliphatic heterocycles. The number of benzene rings is 2. The third kappa shape index (κ3) is 6.03. The minimum Gasteiger partial charge on any atom is -0.497 e. The lowest BCUT2D eigenvalue weighted by atomic mass is 10.1. The number of hydrogen-bond donors (Lipinski definition) is 1. The van der Waals surface area contributed by atoms with Crippen LogP contribution in [0.2, 0.25) is 0 Å². The monoisotopic (exact) mass is 408 g/mol. The molecule has 0 unspecified atom stereocenters. The maximum atomic E-state index is 11.6. The summed E-state index contributed by atoms with van der Waals surface area (Å²) in [6.45, 7) is 4.13. The molecule has 158 valence electrons. The van der Waals surface area contributed by atoms with Crippen molar-refractivity contribution in [3.05, 3.63) is 54.1 Å². The van der Waals surface area contributed by atoms with Crippen molar-refractivity contribution < 1.29 is 19.0 Å². The van der Waals surface area contributed by atoms with Crippen molar-refractivity contribution in [2.45, 2.75) is 25.8 Å². The van der Waals surface area contributed by atoms with Gasteiger partial charge < -0.3 is 24.3 Å². The van der Waals surface area contributed by atoms with Gasteiger partial charge in [-0.3, -0.25) is 0 Å². The Kier molecular flexibility index (Phi) is 7.79. The second kappa shape index (κ2) is 10.7. The van der Waals surface area contributed by atoms with Gasteiger partial charge >= 0.3 is 5.97 Å². The lowest BCUT2D eigenvalue weighted by Crippen LogP contribution is -2.32. The number of hydrogen-bond acceptors (Lipinski definition) is 6. The summed E-state index contributed by atoms with van der Waals surface area (Å²) in [5.74, 6) is 1.83. The van der Waals surface area contributed by atoms with Crippen molar-refractivity contribution in [2.75, 3.05) is 32.1 Å². The number of esters is 1. The Balaban J connectivity index is 1.79. The average Bonchev–Trinajstić information content (AvgIpc) is 3.17. The fourth-order valence-electron chi connectivity index (χ4n) is 3.46. The number of nitrogens with zero attached hydrogens (tertiary/aromatic N) is 1. The van der Waals surface area contributed by atoms with Gasteiger partial charge in [-0.1, -0.05) is 6.07 Å². The number of methoxy groups -OCH3 is 1. The van der Waals surface area contributed by atoms with Gasteiger partial charge in [0.15, 0.2) is 13.7 Å². The highest BCUT2D eigenvalue weighted by Crippen LogP contribution is 2.32. The van der Waals surface area contributed by atoms with Crippen LogP contribution in [0.15, 0.2) is 48.5 Å². The number of carbonyl (C=O) groups excluding carboxylic acids is 1. The third-order valence-electron chi connectivity index (χ3n) is 5.19. The molecule has 1 saturated heterocycles. The zero-order chi connectivity index (χ0) is 21.3. The van der Waals surface area contributed by atoms with Gasteiger partial charge in [-0.15, -0.1) is 0 Å². The van der Waals surface area contributed by atoms with E-state index in [1.807, 2.05) is 42.5 Å². The largest absolute Gasteiger partial charge is 0.497 e. The Labute approximate surface area is 179 Å². The minimum absolute atomic E-state index is 0.355. The predicted octanol–water partition coefficient (Wildman–Crippen LogP) is 3.49. The first kappa shape index (κ1) is 21.8. The number of ether oxygens (including phenoxy) is 3. The van der Waals surface area contributed by atoms with Crippen LogP contribution in [0.25, 0.3) is 6.08 Å². The molecule has 30 heavy (non-hydrogen) atoms. The van der Waals surface area contributed by atoms with Crippen LogP contribution in [0, 0.1) is 0 Å². The van der Waals surface area contributed by atoms with Crippen LogP contribution in [0.1, 0.15) is 25.3 Å². The normalized spacial score (nSPS) is 16.5. The van der Waals surface area contributed by atoms with Gasteiger partial charge in [-0.25, -0.2) is 4.79 Å². The Morgan fingerprint density at radius 1 is 1.23 bits per heavy atom. The fourth-order valence-corrected chi connectivity index (χ4v) is 3.46. The highest BCUT2D eigenvalue weighted by atomic mass is 16.5. The van der Waals surface area contributed by atoms with Crippen LogP contribution < -0.4 is 14.8 Å². The van der Waals surface area contributed by atoms with Crippen LogP contribution in [0.3, 0.4) is 0 Å². The standard InChI is InChI=1S/C23H29BN2O4/c1-3-29-23(27)13-7-17-6-12-21(25-16-18-5-4-14-26(18)24)22(15-17)30-20-10-8-19(28-2)9-11-20/h6-13,15,18,25H,3-5,14,16,24H2,1-2H3/b13-7+/t18-/m0/s1. The van der Waals surface area contributed by atoms with Gasteiger partial charge in [0.2, 0.25) is 0 Å². The molecule has 0 spiro atoms. The predicted molar refractivity (Wildman–Crippen MR) is 122 cm³/mol. The molecule has 6 nitrogen and oxygen atoms in total. The maximum Gasteiger partial charge on any atom is 0.330 e. The number of rotatable bonds is 9. The molecule has 1 fully saturated rings. The molecule has 0 radical (unpaired) electrons. The zero-order valence-corrected chi connectivity index (χ0v) is 17.9. The molecule has 2 aromatic carbocycles. The summed E-state index contributed by atoms with van der Waals surface area (Å²) in [6, 6.07) is 13.8. The number of nitrogens with one attached hydrogen (secondary N) is 1.